The number of fused-ring (bicyclic) bond motifs is 1. The van der Waals surface area contributed by atoms with E-state index in [1.54, 1.807) is 12.1 Å². The van der Waals surface area contributed by atoms with E-state index in [1.807, 2.05) is 0 Å². The maximum absolute atomic E-state index is 14.4. The van der Waals surface area contributed by atoms with Gasteiger partial charge in [0.25, 0.3) is 0 Å². The summed E-state index contributed by atoms with van der Waals surface area (Å²) in [5.74, 6) is -2.54. The van der Waals surface area contributed by atoms with Crippen LogP contribution in [0.15, 0.2) is 30.6 Å². The zero-order valence-corrected chi connectivity index (χ0v) is 14.0. The summed E-state index contributed by atoms with van der Waals surface area (Å²) in [6.45, 7) is -0.297. The number of rotatable bonds is 5. The highest BCUT2D eigenvalue weighted by Crippen LogP contribution is 2.40. The molecule has 1 aliphatic carbocycles. The van der Waals surface area contributed by atoms with Crippen LogP contribution in [-0.2, 0) is 0 Å². The second-order valence-corrected chi connectivity index (χ2v) is 6.42. The van der Waals surface area contributed by atoms with Gasteiger partial charge in [-0.25, -0.2) is 23.7 Å². The molecule has 1 aliphatic rings. The van der Waals surface area contributed by atoms with E-state index in [0.717, 1.165) is 0 Å². The number of hydrogen-bond donors (Lipinski definition) is 1. The Labute approximate surface area is 151 Å². The predicted octanol–water partition coefficient (Wildman–Crippen LogP) is 4.58. The van der Waals surface area contributed by atoms with E-state index < -0.39 is 17.3 Å². The van der Waals surface area contributed by atoms with Crippen LogP contribution in [0.5, 0.6) is 5.75 Å². The molecule has 9 heteroatoms. The average Bonchev–Trinajstić information content (AvgIpc) is 3.36. The number of nitrogens with one attached hydrogen (secondary N) is 1. The minimum atomic E-state index is -1.43. The Morgan fingerprint density at radius 2 is 1.92 bits per heavy atom. The summed E-state index contributed by atoms with van der Waals surface area (Å²) in [7, 11) is 0. The number of halogens is 4. The molecule has 1 aromatic carbocycles. The lowest BCUT2D eigenvalue weighted by atomic mass is 10.2. The number of ether oxygens (including phenoxy) is 1. The smallest absolute Gasteiger partial charge is 0.202 e. The molecule has 26 heavy (non-hydrogen) atoms. The summed E-state index contributed by atoms with van der Waals surface area (Å²) >= 11 is 5.87. The maximum atomic E-state index is 14.4. The van der Waals surface area contributed by atoms with Gasteiger partial charge in [-0.05, 0) is 37.1 Å². The molecule has 0 amide bonds. The van der Waals surface area contributed by atoms with E-state index >= 15 is 0 Å². The van der Waals surface area contributed by atoms with Crippen LogP contribution in [0.4, 0.5) is 24.7 Å². The van der Waals surface area contributed by atoms with E-state index in [0.29, 0.717) is 23.9 Å². The van der Waals surface area contributed by atoms with Crippen LogP contribution in [0, 0.1) is 11.6 Å². The molecule has 3 aromatic rings. The summed E-state index contributed by atoms with van der Waals surface area (Å²) in [6, 6.07) is 5.71. The fraction of sp³-hybridized carbons (Fsp3) is 0.235. The second-order valence-electron chi connectivity index (χ2n) is 6.03. The zero-order valence-electron chi connectivity index (χ0n) is 13.3. The average molecular weight is 381 g/mol. The van der Waals surface area contributed by atoms with E-state index in [4.69, 9.17) is 16.3 Å². The molecule has 0 saturated heterocycles. The van der Waals surface area contributed by atoms with Gasteiger partial charge in [-0.1, -0.05) is 11.6 Å². The number of benzene rings is 1. The summed E-state index contributed by atoms with van der Waals surface area (Å²) in [4.78, 5) is 12.1. The van der Waals surface area contributed by atoms with Crippen molar-refractivity contribution >= 4 is 34.1 Å². The Morgan fingerprint density at radius 3 is 2.69 bits per heavy atom. The largest absolute Gasteiger partial charge is 0.487 e. The fourth-order valence-corrected chi connectivity index (χ4v) is 2.51. The van der Waals surface area contributed by atoms with Gasteiger partial charge < -0.3 is 10.1 Å². The number of pyridine rings is 1. The molecule has 2 aromatic heterocycles. The van der Waals surface area contributed by atoms with E-state index in [2.05, 4.69) is 20.3 Å². The number of nitrogens with zero attached hydrogens (tertiary/aromatic N) is 3. The Hall–Kier alpha value is -2.61. The van der Waals surface area contributed by atoms with Crippen LogP contribution in [-0.4, -0.2) is 27.2 Å². The molecule has 0 unspecified atom stereocenters. The van der Waals surface area contributed by atoms with Crippen LogP contribution in [0.25, 0.3) is 11.0 Å². The van der Waals surface area contributed by atoms with Gasteiger partial charge in [0.2, 0.25) is 5.82 Å². The van der Waals surface area contributed by atoms with Gasteiger partial charge in [0, 0.05) is 0 Å². The van der Waals surface area contributed by atoms with Crippen molar-refractivity contribution in [2.45, 2.75) is 18.5 Å². The molecule has 1 fully saturated rings. The first-order valence-electron chi connectivity index (χ1n) is 7.79. The third-order valence-corrected chi connectivity index (χ3v) is 4.24. The molecule has 0 spiro atoms. The Bertz CT molecular complexity index is 997. The lowest BCUT2D eigenvalue weighted by Crippen LogP contribution is -2.14. The molecule has 0 bridgehead atoms. The van der Waals surface area contributed by atoms with Crippen LogP contribution >= 0.6 is 11.6 Å². The quantitative estimate of drug-likeness (QED) is 0.656. The van der Waals surface area contributed by atoms with Gasteiger partial charge >= 0.3 is 0 Å². The van der Waals surface area contributed by atoms with Crippen LogP contribution < -0.4 is 10.1 Å². The highest BCUT2D eigenvalue weighted by Gasteiger charge is 2.44. The van der Waals surface area contributed by atoms with Crippen molar-refractivity contribution in [2.24, 2.45) is 0 Å². The molecule has 5 nitrogen and oxygen atoms in total. The summed E-state index contributed by atoms with van der Waals surface area (Å²) in [5, 5.41) is 2.89. The van der Waals surface area contributed by atoms with Gasteiger partial charge in [-0.3, -0.25) is 0 Å². The van der Waals surface area contributed by atoms with E-state index in [-0.39, 0.29) is 29.0 Å². The summed E-state index contributed by atoms with van der Waals surface area (Å²) in [5.41, 5.74) is -0.790. The SMILES string of the molecule is Fc1c(Nc2ncnc3ccc(Cl)nc23)ccc(OCC2(F)CC2)c1F. The standard InChI is InChI=1S/C17H12ClF3N4O/c18-12-4-2-10-15(25-12)16(23-8-22-10)24-9-1-3-11(14(20)13(9)19)26-7-17(21)5-6-17/h1-4,8H,5-7H2,(H,22,23,24). The highest BCUT2D eigenvalue weighted by molar-refractivity contribution is 6.29. The Balaban J connectivity index is 1.62. The van der Waals surface area contributed by atoms with Gasteiger partial charge in [-0.15, -0.1) is 0 Å². The van der Waals surface area contributed by atoms with Crippen molar-refractivity contribution in [2.75, 3.05) is 11.9 Å². The third kappa shape index (κ3) is 3.24. The van der Waals surface area contributed by atoms with Crippen molar-refractivity contribution in [3.8, 4) is 5.75 Å². The molecule has 0 aliphatic heterocycles. The molecule has 2 heterocycles. The minimum Gasteiger partial charge on any atom is -0.487 e. The van der Waals surface area contributed by atoms with Crippen molar-refractivity contribution in [1.82, 2.24) is 15.0 Å². The van der Waals surface area contributed by atoms with Crippen molar-refractivity contribution < 1.29 is 17.9 Å². The maximum Gasteiger partial charge on any atom is 0.202 e. The minimum absolute atomic E-state index is 0.169. The Kier molecular flexibility index (Phi) is 4.07. The first kappa shape index (κ1) is 16.8. The molecule has 4 rings (SSSR count). The van der Waals surface area contributed by atoms with Gasteiger partial charge in [-0.2, -0.15) is 4.39 Å². The van der Waals surface area contributed by atoms with E-state index in [9.17, 15) is 13.2 Å². The first-order valence-corrected chi connectivity index (χ1v) is 8.17. The number of anilines is 2. The van der Waals surface area contributed by atoms with E-state index in [1.165, 1.54) is 18.5 Å². The topological polar surface area (TPSA) is 59.9 Å². The molecular formula is C17H12ClF3N4O. The predicted molar refractivity (Wildman–Crippen MR) is 90.6 cm³/mol. The first-order chi connectivity index (χ1) is 12.5. The van der Waals surface area contributed by atoms with Gasteiger partial charge in [0.1, 0.15) is 29.3 Å². The van der Waals surface area contributed by atoms with Crippen LogP contribution in [0.2, 0.25) is 5.15 Å². The second kappa shape index (κ2) is 6.28. The van der Waals surface area contributed by atoms with Crippen molar-refractivity contribution in [3.05, 3.63) is 47.4 Å². The summed E-state index contributed by atoms with van der Waals surface area (Å²) < 4.78 is 47.2. The van der Waals surface area contributed by atoms with Gasteiger partial charge in [0.15, 0.2) is 17.4 Å². The number of aromatic nitrogens is 3. The van der Waals surface area contributed by atoms with Crippen LogP contribution in [0.1, 0.15) is 12.8 Å². The van der Waals surface area contributed by atoms with Crippen LogP contribution in [0.3, 0.4) is 0 Å². The van der Waals surface area contributed by atoms with Crippen molar-refractivity contribution in [1.29, 1.82) is 0 Å². The zero-order chi connectivity index (χ0) is 18.3. The highest BCUT2D eigenvalue weighted by atomic mass is 35.5. The molecule has 1 saturated carbocycles. The normalized spacial score (nSPS) is 15.1. The third-order valence-electron chi connectivity index (χ3n) is 4.03. The Morgan fingerprint density at radius 1 is 1.12 bits per heavy atom. The lowest BCUT2D eigenvalue weighted by molar-refractivity contribution is 0.171. The van der Waals surface area contributed by atoms with Gasteiger partial charge in [0.05, 0.1) is 11.2 Å². The molecule has 134 valence electrons. The monoisotopic (exact) mass is 380 g/mol. The molecule has 0 atom stereocenters. The lowest BCUT2D eigenvalue weighted by Gasteiger charge is -2.13. The summed E-state index contributed by atoms with van der Waals surface area (Å²) in [6.07, 6.45) is 2.00. The van der Waals surface area contributed by atoms with Crippen molar-refractivity contribution in [3.63, 3.8) is 0 Å². The number of hydrogen-bond acceptors (Lipinski definition) is 5. The molecular weight excluding hydrogens is 369 g/mol. The molecule has 0 radical (unpaired) electrons. The fourth-order valence-electron chi connectivity index (χ4n) is 2.36. The molecule has 1 N–H and O–H groups in total. The number of alkyl halides is 1.